The lowest BCUT2D eigenvalue weighted by Crippen LogP contribution is -2.00. The molecule has 0 atom stereocenters. The van der Waals surface area contributed by atoms with Crippen LogP contribution in [-0.4, -0.2) is 7.85 Å². The molecule has 0 unspecified atom stereocenters. The van der Waals surface area contributed by atoms with Crippen molar-refractivity contribution in [3.63, 3.8) is 0 Å². The van der Waals surface area contributed by atoms with Gasteiger partial charge in [0.2, 0.25) is 0 Å². The minimum Gasteiger partial charge on any atom is -0.0936 e. The summed E-state index contributed by atoms with van der Waals surface area (Å²) in [5.41, 5.74) is 0.513. The molecule has 0 saturated carbocycles. The Bertz CT molecular complexity index is 236. The zero-order valence-electron chi connectivity index (χ0n) is 4.87. The number of hydrogen-bond donors (Lipinski definition) is 0. The molecule has 1 aromatic rings. The van der Waals surface area contributed by atoms with E-state index in [1.807, 2.05) is 0 Å². The van der Waals surface area contributed by atoms with Crippen LogP contribution in [0.4, 0.5) is 0 Å². The van der Waals surface area contributed by atoms with E-state index in [0.717, 1.165) is 0 Å². The molecule has 0 aliphatic rings. The minimum absolute atomic E-state index is 0.345. The highest BCUT2D eigenvalue weighted by molar-refractivity contribution is 6.49. The molecule has 0 aliphatic heterocycles. The Kier molecular flexibility index (Phi) is 2.51. The van der Waals surface area contributed by atoms with Crippen LogP contribution in [0.3, 0.4) is 0 Å². The summed E-state index contributed by atoms with van der Waals surface area (Å²) >= 11 is 16.9. The molecule has 0 heterocycles. The lowest BCUT2D eigenvalue weighted by atomic mass is 9.97. The third-order valence-electron chi connectivity index (χ3n) is 1.01. The van der Waals surface area contributed by atoms with E-state index in [4.69, 9.17) is 42.6 Å². The van der Waals surface area contributed by atoms with E-state index in [0.29, 0.717) is 20.5 Å². The third kappa shape index (κ3) is 1.60. The number of rotatable bonds is 0. The summed E-state index contributed by atoms with van der Waals surface area (Å²) in [5, 5.41) is 1.11. The fourth-order valence-corrected chi connectivity index (χ4v) is 1.19. The fourth-order valence-electron chi connectivity index (χ4n) is 0.575. The average molecular weight is 191 g/mol. The monoisotopic (exact) mass is 190 g/mol. The van der Waals surface area contributed by atoms with E-state index in [-0.39, 0.29) is 0 Å². The molecule has 0 aromatic heterocycles. The largest absolute Gasteiger partial charge is 0.113 e. The second-order valence-corrected chi connectivity index (χ2v) is 2.99. The topological polar surface area (TPSA) is 0 Å². The summed E-state index contributed by atoms with van der Waals surface area (Å²) in [6.07, 6.45) is 0. The molecule has 0 aliphatic carbocycles. The third-order valence-corrected chi connectivity index (χ3v) is 2.20. The standard InChI is InChI=1S/C6H2BCl3/c7-3-1-4(8)6(10)5(9)2-3/h1-2H. The van der Waals surface area contributed by atoms with Gasteiger partial charge in [-0.05, 0) is 12.1 Å². The Hall–Kier alpha value is 0.155. The highest BCUT2D eigenvalue weighted by atomic mass is 35.5. The number of hydrogen-bond acceptors (Lipinski definition) is 0. The van der Waals surface area contributed by atoms with Gasteiger partial charge in [0.15, 0.2) is 0 Å². The number of halogens is 3. The van der Waals surface area contributed by atoms with Gasteiger partial charge < -0.3 is 0 Å². The van der Waals surface area contributed by atoms with Crippen LogP contribution in [0.15, 0.2) is 12.1 Å². The van der Waals surface area contributed by atoms with E-state index in [9.17, 15) is 0 Å². The predicted molar refractivity (Wildman–Crippen MR) is 46.9 cm³/mol. The molecular weight excluding hydrogens is 189 g/mol. The lowest BCUT2D eigenvalue weighted by Gasteiger charge is -1.99. The maximum atomic E-state index is 5.63. The van der Waals surface area contributed by atoms with E-state index in [1.54, 1.807) is 12.1 Å². The Morgan fingerprint density at radius 3 is 1.80 bits per heavy atom. The molecule has 1 rings (SSSR count). The maximum absolute atomic E-state index is 5.63. The highest BCUT2D eigenvalue weighted by Gasteiger charge is 2.01. The first kappa shape index (κ1) is 8.25. The Labute approximate surface area is 75.5 Å². The molecule has 10 heavy (non-hydrogen) atoms. The highest BCUT2D eigenvalue weighted by Crippen LogP contribution is 2.27. The molecule has 1 aromatic carbocycles. The van der Waals surface area contributed by atoms with Crippen molar-refractivity contribution in [1.82, 2.24) is 0 Å². The molecule has 0 spiro atoms. The summed E-state index contributed by atoms with van der Waals surface area (Å²) < 4.78 is 0. The molecule has 2 radical (unpaired) electrons. The summed E-state index contributed by atoms with van der Waals surface area (Å²) in [6.45, 7) is 0. The maximum Gasteiger partial charge on any atom is 0.113 e. The lowest BCUT2D eigenvalue weighted by molar-refractivity contribution is 1.76. The van der Waals surface area contributed by atoms with Gasteiger partial charge in [-0.2, -0.15) is 0 Å². The van der Waals surface area contributed by atoms with Crippen LogP contribution in [0.25, 0.3) is 0 Å². The van der Waals surface area contributed by atoms with Crippen LogP contribution >= 0.6 is 34.8 Å². The summed E-state index contributed by atoms with van der Waals surface area (Å²) in [4.78, 5) is 0. The van der Waals surface area contributed by atoms with Gasteiger partial charge in [0, 0.05) is 0 Å². The van der Waals surface area contributed by atoms with Crippen molar-refractivity contribution in [2.24, 2.45) is 0 Å². The summed E-state index contributed by atoms with van der Waals surface area (Å²) in [5.74, 6) is 0. The van der Waals surface area contributed by atoms with Gasteiger partial charge in [0.05, 0.1) is 15.1 Å². The van der Waals surface area contributed by atoms with Crippen LogP contribution < -0.4 is 5.46 Å². The Morgan fingerprint density at radius 2 is 1.40 bits per heavy atom. The molecular formula is C6H2BCl3. The Morgan fingerprint density at radius 1 is 1.00 bits per heavy atom. The van der Waals surface area contributed by atoms with Crippen LogP contribution in [0.2, 0.25) is 15.1 Å². The van der Waals surface area contributed by atoms with Gasteiger partial charge in [0.25, 0.3) is 0 Å². The van der Waals surface area contributed by atoms with Crippen molar-refractivity contribution in [1.29, 1.82) is 0 Å². The molecule has 0 fully saturated rings. The fraction of sp³-hybridized carbons (Fsp3) is 0. The first-order chi connectivity index (χ1) is 4.61. The summed E-state index contributed by atoms with van der Waals surface area (Å²) in [7, 11) is 5.40. The van der Waals surface area contributed by atoms with Crippen molar-refractivity contribution < 1.29 is 0 Å². The van der Waals surface area contributed by atoms with Gasteiger partial charge in [-0.25, -0.2) is 0 Å². The van der Waals surface area contributed by atoms with E-state index >= 15 is 0 Å². The van der Waals surface area contributed by atoms with Gasteiger partial charge in [0.1, 0.15) is 7.85 Å². The molecule has 0 amide bonds. The van der Waals surface area contributed by atoms with Gasteiger partial charge in [-0.15, -0.1) is 0 Å². The van der Waals surface area contributed by atoms with E-state index < -0.39 is 0 Å². The van der Waals surface area contributed by atoms with Gasteiger partial charge in [-0.1, -0.05) is 40.3 Å². The van der Waals surface area contributed by atoms with Crippen molar-refractivity contribution in [3.8, 4) is 0 Å². The van der Waals surface area contributed by atoms with Crippen molar-refractivity contribution in [2.75, 3.05) is 0 Å². The smallest absolute Gasteiger partial charge is 0.0936 e. The first-order valence-corrected chi connectivity index (χ1v) is 3.64. The SMILES string of the molecule is [B]c1cc(Cl)c(Cl)c(Cl)c1. The first-order valence-electron chi connectivity index (χ1n) is 2.51. The molecule has 0 bridgehead atoms. The van der Waals surface area contributed by atoms with Crippen LogP contribution in [0.1, 0.15) is 0 Å². The molecule has 0 N–H and O–H groups in total. The zero-order chi connectivity index (χ0) is 7.72. The second kappa shape index (κ2) is 3.04. The quantitative estimate of drug-likeness (QED) is 0.436. The van der Waals surface area contributed by atoms with Crippen LogP contribution in [-0.2, 0) is 0 Å². The zero-order valence-corrected chi connectivity index (χ0v) is 7.13. The van der Waals surface area contributed by atoms with Crippen molar-refractivity contribution in [2.45, 2.75) is 0 Å². The van der Waals surface area contributed by atoms with E-state index in [2.05, 4.69) is 0 Å². The normalized spacial score (nSPS) is 9.90. The van der Waals surface area contributed by atoms with E-state index in [1.165, 1.54) is 0 Å². The average Bonchev–Trinajstić information content (AvgIpc) is 1.82. The van der Waals surface area contributed by atoms with Gasteiger partial charge in [-0.3, -0.25) is 0 Å². The second-order valence-electron chi connectivity index (χ2n) is 1.80. The van der Waals surface area contributed by atoms with Crippen LogP contribution in [0, 0.1) is 0 Å². The molecule has 0 saturated heterocycles. The van der Waals surface area contributed by atoms with Crippen molar-refractivity contribution in [3.05, 3.63) is 27.2 Å². The molecule has 4 heteroatoms. The number of benzene rings is 1. The van der Waals surface area contributed by atoms with Gasteiger partial charge >= 0.3 is 0 Å². The molecule has 50 valence electrons. The molecule has 0 nitrogen and oxygen atoms in total. The summed E-state index contributed by atoms with van der Waals surface area (Å²) in [6, 6.07) is 3.10. The van der Waals surface area contributed by atoms with Crippen molar-refractivity contribution >= 4 is 48.1 Å². The minimum atomic E-state index is 0.345. The van der Waals surface area contributed by atoms with Crippen LogP contribution in [0.5, 0.6) is 0 Å². The Balaban J connectivity index is 3.31. The predicted octanol–water partition coefficient (Wildman–Crippen LogP) is 2.44.